The number of para-hydroxylation sites is 2. The van der Waals surface area contributed by atoms with Crippen LogP contribution in [-0.2, 0) is 6.42 Å². The Morgan fingerprint density at radius 2 is 1.76 bits per heavy atom. The summed E-state index contributed by atoms with van der Waals surface area (Å²) in [7, 11) is 0. The summed E-state index contributed by atoms with van der Waals surface area (Å²) >= 11 is 0. The van der Waals surface area contributed by atoms with Crippen molar-refractivity contribution in [3.63, 3.8) is 0 Å². The Morgan fingerprint density at radius 1 is 0.960 bits per heavy atom. The minimum absolute atomic E-state index is 0.659. The van der Waals surface area contributed by atoms with Gasteiger partial charge in [0.15, 0.2) is 0 Å². The van der Waals surface area contributed by atoms with Crippen LogP contribution in [0.1, 0.15) is 25.1 Å². The molecule has 1 aliphatic rings. The number of fused-ring (bicyclic) bond motifs is 3. The molecule has 0 spiro atoms. The zero-order chi connectivity index (χ0) is 16.6. The highest BCUT2D eigenvalue weighted by atomic mass is 15.3. The fourth-order valence-corrected chi connectivity index (χ4v) is 3.50. The molecule has 0 amide bonds. The lowest BCUT2D eigenvalue weighted by atomic mass is 9.83. The second kappa shape index (κ2) is 5.84. The lowest BCUT2D eigenvalue weighted by molar-refractivity contribution is 0.309. The van der Waals surface area contributed by atoms with Crippen LogP contribution in [0.2, 0.25) is 0 Å². The summed E-state index contributed by atoms with van der Waals surface area (Å²) in [4.78, 5) is 4.75. The van der Waals surface area contributed by atoms with E-state index in [1.165, 1.54) is 19.3 Å². The molecular formula is C20H19N5. The summed E-state index contributed by atoms with van der Waals surface area (Å²) in [6.45, 7) is 0. The Hall–Kier alpha value is -2.95. The lowest BCUT2D eigenvalue weighted by Gasteiger charge is -2.24. The van der Waals surface area contributed by atoms with Crippen molar-refractivity contribution in [2.45, 2.75) is 25.7 Å². The quantitative estimate of drug-likeness (QED) is 0.604. The van der Waals surface area contributed by atoms with E-state index in [0.29, 0.717) is 5.78 Å². The molecule has 1 N–H and O–H groups in total. The van der Waals surface area contributed by atoms with Crippen molar-refractivity contribution >= 4 is 28.2 Å². The average molecular weight is 329 g/mol. The Labute approximate surface area is 145 Å². The van der Waals surface area contributed by atoms with Crippen LogP contribution >= 0.6 is 0 Å². The maximum absolute atomic E-state index is 4.75. The molecule has 0 atom stereocenters. The highest BCUT2D eigenvalue weighted by Gasteiger charge is 2.22. The minimum atomic E-state index is 0.659. The third-order valence-electron chi connectivity index (χ3n) is 5.06. The number of rotatable bonds is 4. The van der Waals surface area contributed by atoms with Gasteiger partial charge >= 0.3 is 0 Å². The van der Waals surface area contributed by atoms with Crippen LogP contribution in [0.15, 0.2) is 54.6 Å². The molecule has 0 saturated heterocycles. The first-order valence-electron chi connectivity index (χ1n) is 8.83. The van der Waals surface area contributed by atoms with Crippen molar-refractivity contribution in [2.24, 2.45) is 5.92 Å². The molecule has 0 bridgehead atoms. The Balaban J connectivity index is 1.66. The predicted molar refractivity (Wildman–Crippen MR) is 99.1 cm³/mol. The van der Waals surface area contributed by atoms with Gasteiger partial charge in [-0.25, -0.2) is 0 Å². The molecule has 1 aliphatic carbocycles. The number of nitrogens with one attached hydrogen (secondary N) is 1. The van der Waals surface area contributed by atoms with Gasteiger partial charge in [-0.15, -0.1) is 10.2 Å². The Bertz CT molecular complexity index is 1030. The van der Waals surface area contributed by atoms with Crippen molar-refractivity contribution in [3.8, 4) is 0 Å². The van der Waals surface area contributed by atoms with Crippen LogP contribution in [0.5, 0.6) is 0 Å². The summed E-state index contributed by atoms with van der Waals surface area (Å²) in [6.07, 6.45) is 4.92. The third kappa shape index (κ3) is 2.52. The lowest BCUT2D eigenvalue weighted by Crippen LogP contribution is -2.15. The summed E-state index contributed by atoms with van der Waals surface area (Å²) in [5, 5.41) is 13.3. The molecule has 5 rings (SSSR count). The molecule has 2 heterocycles. The zero-order valence-corrected chi connectivity index (χ0v) is 13.9. The van der Waals surface area contributed by atoms with Gasteiger partial charge in [0.25, 0.3) is 5.78 Å². The van der Waals surface area contributed by atoms with Gasteiger partial charge in [-0.05, 0) is 30.2 Å². The van der Waals surface area contributed by atoms with E-state index in [4.69, 9.17) is 4.98 Å². The van der Waals surface area contributed by atoms with E-state index < -0.39 is 0 Å². The smallest absolute Gasteiger partial charge is 0.257 e. The Morgan fingerprint density at radius 3 is 2.56 bits per heavy atom. The summed E-state index contributed by atoms with van der Waals surface area (Å²) in [6, 6.07) is 18.4. The fraction of sp³-hybridized carbons (Fsp3) is 0.250. The van der Waals surface area contributed by atoms with Crippen molar-refractivity contribution in [1.29, 1.82) is 0 Å². The van der Waals surface area contributed by atoms with E-state index in [1.807, 2.05) is 36.4 Å². The number of anilines is 2. The standard InChI is InChI=1S/C20H19N5/c1-2-9-15(10-3-1)21-19-16-11-4-5-12-17(16)25-18(13-14-7-6-8-14)23-24-20(25)22-19/h1-5,9-12,14H,6-8,13H2,(H,21,22,24). The monoisotopic (exact) mass is 329 g/mol. The van der Waals surface area contributed by atoms with Gasteiger partial charge in [-0.3, -0.25) is 4.40 Å². The molecule has 5 nitrogen and oxygen atoms in total. The van der Waals surface area contributed by atoms with Crippen molar-refractivity contribution < 1.29 is 0 Å². The van der Waals surface area contributed by atoms with Gasteiger partial charge in [0.1, 0.15) is 11.6 Å². The molecule has 0 unspecified atom stereocenters. The summed E-state index contributed by atoms with van der Waals surface area (Å²) in [5.74, 6) is 3.24. The number of hydrogen-bond donors (Lipinski definition) is 1. The second-order valence-corrected chi connectivity index (χ2v) is 6.72. The molecule has 1 saturated carbocycles. The first-order valence-corrected chi connectivity index (χ1v) is 8.83. The topological polar surface area (TPSA) is 55.1 Å². The first-order chi connectivity index (χ1) is 12.4. The molecule has 0 radical (unpaired) electrons. The highest BCUT2D eigenvalue weighted by molar-refractivity contribution is 5.92. The number of benzene rings is 2. The SMILES string of the molecule is c1ccc(Nc2nc3nnc(CC4CCC4)n3c3ccccc23)cc1. The molecule has 2 aromatic carbocycles. The zero-order valence-electron chi connectivity index (χ0n) is 13.9. The molecule has 2 aromatic heterocycles. The van der Waals surface area contributed by atoms with Gasteiger partial charge in [0, 0.05) is 17.5 Å². The molecule has 1 fully saturated rings. The van der Waals surface area contributed by atoms with Crippen molar-refractivity contribution in [2.75, 3.05) is 5.32 Å². The molecule has 124 valence electrons. The first kappa shape index (κ1) is 14.4. The second-order valence-electron chi connectivity index (χ2n) is 6.72. The van der Waals surface area contributed by atoms with E-state index in [1.54, 1.807) is 0 Å². The van der Waals surface area contributed by atoms with Gasteiger partial charge in [-0.2, -0.15) is 4.98 Å². The molecule has 4 aromatic rings. The van der Waals surface area contributed by atoms with Crippen LogP contribution in [0.25, 0.3) is 16.7 Å². The minimum Gasteiger partial charge on any atom is -0.340 e. The molecule has 0 aliphatic heterocycles. The van der Waals surface area contributed by atoms with E-state index in [9.17, 15) is 0 Å². The molecular weight excluding hydrogens is 310 g/mol. The normalized spacial score (nSPS) is 14.7. The third-order valence-corrected chi connectivity index (χ3v) is 5.06. The van der Waals surface area contributed by atoms with Crippen LogP contribution in [0, 0.1) is 5.92 Å². The molecule has 25 heavy (non-hydrogen) atoms. The van der Waals surface area contributed by atoms with Crippen LogP contribution in [-0.4, -0.2) is 19.6 Å². The van der Waals surface area contributed by atoms with E-state index in [2.05, 4.69) is 38.1 Å². The number of aromatic nitrogens is 4. The van der Waals surface area contributed by atoms with Crippen LogP contribution < -0.4 is 5.32 Å². The van der Waals surface area contributed by atoms with E-state index >= 15 is 0 Å². The molecule has 5 heteroatoms. The van der Waals surface area contributed by atoms with Gasteiger partial charge in [0.05, 0.1) is 5.52 Å². The number of nitrogens with zero attached hydrogens (tertiary/aromatic N) is 4. The van der Waals surface area contributed by atoms with Gasteiger partial charge < -0.3 is 5.32 Å². The van der Waals surface area contributed by atoms with E-state index in [-0.39, 0.29) is 0 Å². The average Bonchev–Trinajstić information content (AvgIpc) is 3.02. The summed E-state index contributed by atoms with van der Waals surface area (Å²) < 4.78 is 2.11. The predicted octanol–water partition coefficient (Wildman–Crippen LogP) is 4.36. The number of hydrogen-bond acceptors (Lipinski definition) is 4. The van der Waals surface area contributed by atoms with Crippen LogP contribution in [0.3, 0.4) is 0 Å². The van der Waals surface area contributed by atoms with Crippen molar-refractivity contribution in [1.82, 2.24) is 19.6 Å². The van der Waals surface area contributed by atoms with Gasteiger partial charge in [-0.1, -0.05) is 49.6 Å². The highest BCUT2D eigenvalue weighted by Crippen LogP contribution is 2.31. The van der Waals surface area contributed by atoms with E-state index in [0.717, 1.165) is 40.6 Å². The maximum atomic E-state index is 4.75. The summed E-state index contributed by atoms with van der Waals surface area (Å²) in [5.41, 5.74) is 2.11. The maximum Gasteiger partial charge on any atom is 0.257 e. The fourth-order valence-electron chi connectivity index (χ4n) is 3.50. The van der Waals surface area contributed by atoms with Gasteiger partial charge in [0.2, 0.25) is 0 Å². The Kier molecular flexibility index (Phi) is 3.37. The van der Waals surface area contributed by atoms with Crippen molar-refractivity contribution in [3.05, 3.63) is 60.4 Å². The largest absolute Gasteiger partial charge is 0.340 e. The van der Waals surface area contributed by atoms with Crippen LogP contribution in [0.4, 0.5) is 11.5 Å².